The second kappa shape index (κ2) is 9.28. The molecule has 0 spiro atoms. The highest BCUT2D eigenvalue weighted by Gasteiger charge is 2.18. The Hall–Kier alpha value is -2.58. The van der Waals surface area contributed by atoms with Gasteiger partial charge in [-0.25, -0.2) is 8.78 Å². The van der Waals surface area contributed by atoms with Gasteiger partial charge in [0.2, 0.25) is 0 Å². The third-order valence-electron chi connectivity index (χ3n) is 4.12. The van der Waals surface area contributed by atoms with E-state index in [4.69, 9.17) is 11.6 Å². The summed E-state index contributed by atoms with van der Waals surface area (Å²) >= 11 is 7.50. The number of anilines is 2. The second-order valence-corrected chi connectivity index (χ2v) is 7.36. The fourth-order valence-corrected chi connectivity index (χ4v) is 3.52. The molecule has 0 aliphatic heterocycles. The van der Waals surface area contributed by atoms with Gasteiger partial charge in [0.05, 0.1) is 23.5 Å². The van der Waals surface area contributed by atoms with Gasteiger partial charge in [0.1, 0.15) is 0 Å². The lowest BCUT2D eigenvalue weighted by Gasteiger charge is -2.09. The summed E-state index contributed by atoms with van der Waals surface area (Å²) in [4.78, 5) is 17.1. The molecule has 3 rings (SSSR count). The molecular formula is C20H19ClF2N4OS. The molecule has 0 saturated carbocycles. The molecule has 0 aliphatic rings. The smallest absolute Gasteiger partial charge is 0.257 e. The number of halogens is 3. The average Bonchev–Trinajstić information content (AvgIpc) is 3.05. The third kappa shape index (κ3) is 5.27. The minimum atomic E-state index is -2.56. The van der Waals surface area contributed by atoms with Crippen molar-refractivity contribution in [2.45, 2.75) is 19.9 Å². The van der Waals surface area contributed by atoms with Crippen molar-refractivity contribution < 1.29 is 13.6 Å². The maximum Gasteiger partial charge on any atom is 0.257 e. The minimum absolute atomic E-state index is 0.255. The Morgan fingerprint density at radius 3 is 2.72 bits per heavy atom. The Bertz CT molecular complexity index is 1030. The van der Waals surface area contributed by atoms with Crippen LogP contribution in [0.25, 0.3) is 11.4 Å². The van der Waals surface area contributed by atoms with Crippen LogP contribution in [0.3, 0.4) is 0 Å². The highest BCUT2D eigenvalue weighted by atomic mass is 35.5. The number of hydrogen-bond donors (Lipinski definition) is 2. The van der Waals surface area contributed by atoms with E-state index in [1.807, 2.05) is 19.2 Å². The SMILES string of the molecule is CSNc1cc(Cl)cc(NC(=O)c2cc(-c3ncccc3C)n(CC(F)F)c2)c1. The van der Waals surface area contributed by atoms with Gasteiger partial charge in [-0.2, -0.15) is 0 Å². The molecule has 2 heterocycles. The average molecular weight is 437 g/mol. The maximum atomic E-state index is 13.1. The Morgan fingerprint density at radius 1 is 1.28 bits per heavy atom. The van der Waals surface area contributed by atoms with Crippen LogP contribution in [0.5, 0.6) is 0 Å². The Morgan fingerprint density at radius 2 is 2.03 bits per heavy atom. The van der Waals surface area contributed by atoms with Gasteiger partial charge in [-0.1, -0.05) is 29.6 Å². The highest BCUT2D eigenvalue weighted by molar-refractivity contribution is 7.99. The summed E-state index contributed by atoms with van der Waals surface area (Å²) in [5.41, 5.74) is 3.34. The molecule has 0 atom stereocenters. The van der Waals surface area contributed by atoms with E-state index in [2.05, 4.69) is 15.0 Å². The molecule has 152 valence electrons. The predicted molar refractivity (Wildman–Crippen MR) is 115 cm³/mol. The van der Waals surface area contributed by atoms with E-state index in [1.54, 1.807) is 36.5 Å². The number of nitrogens with one attached hydrogen (secondary N) is 2. The van der Waals surface area contributed by atoms with Crippen molar-refractivity contribution in [3.8, 4) is 11.4 Å². The van der Waals surface area contributed by atoms with Crippen molar-refractivity contribution in [3.63, 3.8) is 0 Å². The van der Waals surface area contributed by atoms with Crippen LogP contribution in [0.4, 0.5) is 20.2 Å². The number of amides is 1. The van der Waals surface area contributed by atoms with Crippen molar-refractivity contribution in [2.24, 2.45) is 0 Å². The lowest BCUT2D eigenvalue weighted by molar-refractivity contribution is 0.102. The number of rotatable bonds is 7. The van der Waals surface area contributed by atoms with E-state index < -0.39 is 18.9 Å². The van der Waals surface area contributed by atoms with E-state index in [0.717, 1.165) is 11.3 Å². The number of nitrogens with zero attached hydrogens (tertiary/aromatic N) is 2. The predicted octanol–water partition coefficient (Wildman–Crippen LogP) is 5.72. The summed E-state index contributed by atoms with van der Waals surface area (Å²) in [5.74, 6) is -0.426. The van der Waals surface area contributed by atoms with E-state index in [0.29, 0.717) is 22.1 Å². The molecule has 0 fully saturated rings. The van der Waals surface area contributed by atoms with Crippen molar-refractivity contribution >= 4 is 40.8 Å². The zero-order valence-corrected chi connectivity index (χ0v) is 17.3. The molecule has 5 nitrogen and oxygen atoms in total. The summed E-state index contributed by atoms with van der Waals surface area (Å²) in [5, 5.41) is 3.22. The fraction of sp³-hybridized carbons (Fsp3) is 0.200. The number of hydrogen-bond acceptors (Lipinski definition) is 4. The quantitative estimate of drug-likeness (QED) is 0.465. The summed E-state index contributed by atoms with van der Waals surface area (Å²) < 4.78 is 30.5. The van der Waals surface area contributed by atoms with Crippen LogP contribution in [0.1, 0.15) is 15.9 Å². The number of carbonyl (C=O) groups is 1. The van der Waals surface area contributed by atoms with Gasteiger partial charge in [-0.15, -0.1) is 0 Å². The molecule has 9 heteroatoms. The first-order valence-electron chi connectivity index (χ1n) is 8.68. The zero-order chi connectivity index (χ0) is 21.0. The molecule has 0 bridgehead atoms. The first kappa shape index (κ1) is 21.1. The summed E-state index contributed by atoms with van der Waals surface area (Å²) in [6.07, 6.45) is 2.31. The molecule has 0 saturated heterocycles. The largest absolute Gasteiger partial charge is 0.340 e. The summed E-state index contributed by atoms with van der Waals surface area (Å²) in [6, 6.07) is 10.3. The van der Waals surface area contributed by atoms with Gasteiger partial charge < -0.3 is 14.6 Å². The van der Waals surface area contributed by atoms with Crippen molar-refractivity contribution in [3.05, 3.63) is 64.9 Å². The van der Waals surface area contributed by atoms with E-state index >= 15 is 0 Å². The first-order valence-corrected chi connectivity index (χ1v) is 10.3. The summed E-state index contributed by atoms with van der Waals surface area (Å²) in [6.45, 7) is 1.31. The van der Waals surface area contributed by atoms with Crippen molar-refractivity contribution in [1.29, 1.82) is 0 Å². The van der Waals surface area contributed by atoms with E-state index in [1.165, 1.54) is 22.7 Å². The maximum absolute atomic E-state index is 13.1. The molecule has 0 unspecified atom stereocenters. The van der Waals surface area contributed by atoms with E-state index in [-0.39, 0.29) is 5.56 Å². The van der Waals surface area contributed by atoms with Crippen LogP contribution in [-0.2, 0) is 6.54 Å². The molecular weight excluding hydrogens is 418 g/mol. The monoisotopic (exact) mass is 436 g/mol. The number of benzene rings is 1. The second-order valence-electron chi connectivity index (χ2n) is 6.32. The number of pyridine rings is 1. The number of aryl methyl sites for hydroxylation is 1. The van der Waals surface area contributed by atoms with Crippen molar-refractivity contribution in [1.82, 2.24) is 9.55 Å². The molecule has 29 heavy (non-hydrogen) atoms. The summed E-state index contributed by atoms with van der Waals surface area (Å²) in [7, 11) is 0. The fourth-order valence-electron chi connectivity index (χ4n) is 2.93. The Balaban J connectivity index is 1.92. The van der Waals surface area contributed by atoms with Gasteiger partial charge >= 0.3 is 0 Å². The van der Waals surface area contributed by atoms with Crippen LogP contribution in [-0.4, -0.2) is 28.1 Å². The van der Waals surface area contributed by atoms with Gasteiger partial charge in [0, 0.05) is 35.0 Å². The van der Waals surface area contributed by atoms with Crippen LogP contribution < -0.4 is 10.0 Å². The van der Waals surface area contributed by atoms with Crippen LogP contribution in [0.15, 0.2) is 48.8 Å². The van der Waals surface area contributed by atoms with Crippen LogP contribution >= 0.6 is 23.5 Å². The highest BCUT2D eigenvalue weighted by Crippen LogP contribution is 2.27. The van der Waals surface area contributed by atoms with Gasteiger partial charge in [0.25, 0.3) is 12.3 Å². The van der Waals surface area contributed by atoms with Gasteiger partial charge in [-0.05, 0) is 42.8 Å². The molecule has 1 aromatic carbocycles. The zero-order valence-electron chi connectivity index (χ0n) is 15.7. The molecule has 3 aromatic rings. The minimum Gasteiger partial charge on any atom is -0.340 e. The lowest BCUT2D eigenvalue weighted by atomic mass is 10.1. The number of carbonyl (C=O) groups excluding carboxylic acids is 1. The molecule has 0 aliphatic carbocycles. The number of aromatic nitrogens is 2. The Kier molecular flexibility index (Phi) is 6.76. The number of alkyl halides is 2. The van der Waals surface area contributed by atoms with Gasteiger partial charge in [-0.3, -0.25) is 9.78 Å². The van der Waals surface area contributed by atoms with Crippen LogP contribution in [0.2, 0.25) is 5.02 Å². The van der Waals surface area contributed by atoms with E-state index in [9.17, 15) is 13.6 Å². The topological polar surface area (TPSA) is 58.9 Å². The molecule has 2 N–H and O–H groups in total. The van der Waals surface area contributed by atoms with Crippen LogP contribution in [0, 0.1) is 6.92 Å². The molecule has 2 aromatic heterocycles. The van der Waals surface area contributed by atoms with Gasteiger partial charge in [0.15, 0.2) is 0 Å². The Labute approximate surface area is 176 Å². The normalized spacial score (nSPS) is 11.0. The lowest BCUT2D eigenvalue weighted by Crippen LogP contribution is -2.12. The standard InChI is InChI=1S/C20H19ClF2N4OS/c1-12-4-3-5-24-19(12)17-6-13(10-27(17)11-18(22)23)20(28)25-15-7-14(21)8-16(9-15)26-29-2/h3-10,18,26H,11H2,1-2H3,(H,25,28). The molecule has 1 amide bonds. The van der Waals surface area contributed by atoms with Crippen molar-refractivity contribution in [2.75, 3.05) is 16.3 Å². The molecule has 0 radical (unpaired) electrons. The first-order chi connectivity index (χ1) is 13.9. The third-order valence-corrected chi connectivity index (χ3v) is 4.78.